The fourth-order valence-corrected chi connectivity index (χ4v) is 3.15. The summed E-state index contributed by atoms with van der Waals surface area (Å²) in [5.74, 6) is -0.729. The van der Waals surface area contributed by atoms with E-state index in [1.165, 1.54) is 32.6 Å². The van der Waals surface area contributed by atoms with Crippen molar-refractivity contribution in [1.82, 2.24) is 10.0 Å². The zero-order valence-corrected chi connectivity index (χ0v) is 15.8. The summed E-state index contributed by atoms with van der Waals surface area (Å²) in [5.41, 5.74) is -0.0310. The summed E-state index contributed by atoms with van der Waals surface area (Å²) in [7, 11) is -1.29. The maximum Gasteiger partial charge on any atom is 0.338 e. The molecule has 1 aromatic heterocycles. The number of hydrogen-bond donors (Lipinski definition) is 2. The number of nitrogens with one attached hydrogen (secondary N) is 2. The first-order valence-electron chi connectivity index (χ1n) is 7.90. The molecule has 2 aromatic rings. The van der Waals surface area contributed by atoms with Crippen molar-refractivity contribution in [2.24, 2.45) is 0 Å². The number of hydrogen-bond acceptors (Lipinski definition) is 7. The van der Waals surface area contributed by atoms with Crippen molar-refractivity contribution in [3.05, 3.63) is 47.9 Å². The first-order valence-corrected chi connectivity index (χ1v) is 9.38. The Labute approximate surface area is 156 Å². The van der Waals surface area contributed by atoms with E-state index in [1.54, 1.807) is 19.1 Å². The van der Waals surface area contributed by atoms with Crippen LogP contribution in [0.2, 0.25) is 0 Å². The van der Waals surface area contributed by atoms with Gasteiger partial charge in [-0.1, -0.05) is 0 Å². The summed E-state index contributed by atoms with van der Waals surface area (Å²) < 4.78 is 41.3. The molecule has 2 N–H and O–H groups in total. The molecule has 0 bridgehead atoms. The van der Waals surface area contributed by atoms with Crippen LogP contribution in [0.5, 0.6) is 5.75 Å². The highest BCUT2D eigenvalue weighted by Crippen LogP contribution is 2.25. The number of methoxy groups -OCH3 is 1. The lowest BCUT2D eigenvalue weighted by atomic mass is 10.2. The first kappa shape index (κ1) is 20.5. The van der Waals surface area contributed by atoms with Gasteiger partial charge in [0.25, 0.3) is 5.91 Å². The summed E-state index contributed by atoms with van der Waals surface area (Å²) in [6.45, 7) is 1.20. The van der Waals surface area contributed by atoms with Gasteiger partial charge in [-0.15, -0.1) is 0 Å². The topological polar surface area (TPSA) is 124 Å². The van der Waals surface area contributed by atoms with Crippen LogP contribution >= 0.6 is 0 Å². The third-order valence-corrected chi connectivity index (χ3v) is 5.07. The van der Waals surface area contributed by atoms with Crippen LogP contribution in [0.4, 0.5) is 0 Å². The minimum absolute atomic E-state index is 0.0310. The number of ether oxygens (including phenoxy) is 2. The normalized spacial score (nSPS) is 12.3. The molecule has 0 unspecified atom stereocenters. The molecule has 0 aliphatic heterocycles. The molecule has 0 spiro atoms. The SMILES string of the molecule is CNS(=O)(=O)c1cc(C(=O)OCC(=O)N[C@H](C)c2ccco2)ccc1OC. The highest BCUT2D eigenvalue weighted by atomic mass is 32.2. The average molecular weight is 396 g/mol. The van der Waals surface area contributed by atoms with Crippen LogP contribution in [-0.2, 0) is 19.6 Å². The second-order valence-corrected chi connectivity index (χ2v) is 7.31. The zero-order chi connectivity index (χ0) is 20.0. The van der Waals surface area contributed by atoms with Crippen molar-refractivity contribution in [2.45, 2.75) is 17.9 Å². The van der Waals surface area contributed by atoms with E-state index < -0.39 is 28.5 Å². The van der Waals surface area contributed by atoms with Crippen molar-refractivity contribution >= 4 is 21.9 Å². The van der Waals surface area contributed by atoms with Crippen LogP contribution in [0, 0.1) is 0 Å². The van der Waals surface area contributed by atoms with Crippen LogP contribution in [-0.4, -0.2) is 41.1 Å². The highest BCUT2D eigenvalue weighted by Gasteiger charge is 2.21. The predicted molar refractivity (Wildman–Crippen MR) is 94.8 cm³/mol. The third-order valence-electron chi connectivity index (χ3n) is 3.64. The van der Waals surface area contributed by atoms with Gasteiger partial charge in [-0.2, -0.15) is 0 Å². The van der Waals surface area contributed by atoms with E-state index in [2.05, 4.69) is 10.0 Å². The molecule has 1 aromatic carbocycles. The second kappa shape index (κ2) is 8.69. The number of furan rings is 1. The monoisotopic (exact) mass is 396 g/mol. The molecule has 1 atom stereocenters. The molecule has 10 heteroatoms. The predicted octanol–water partition coefficient (Wildman–Crippen LogP) is 1.23. The molecular formula is C17H20N2O7S. The third kappa shape index (κ3) is 5.08. The molecule has 146 valence electrons. The van der Waals surface area contributed by atoms with Crippen LogP contribution in [0.15, 0.2) is 45.9 Å². The molecule has 0 saturated carbocycles. The Balaban J connectivity index is 2.03. The van der Waals surface area contributed by atoms with Crippen LogP contribution in [0.25, 0.3) is 0 Å². The number of esters is 1. The Hall–Kier alpha value is -2.85. The quantitative estimate of drug-likeness (QED) is 0.643. The van der Waals surface area contributed by atoms with Gasteiger partial charge in [0, 0.05) is 0 Å². The Bertz CT molecular complexity index is 907. The summed E-state index contributed by atoms with van der Waals surface area (Å²) in [5, 5.41) is 2.62. The highest BCUT2D eigenvalue weighted by molar-refractivity contribution is 7.89. The van der Waals surface area contributed by atoms with Gasteiger partial charge in [-0.3, -0.25) is 4.79 Å². The second-order valence-electron chi connectivity index (χ2n) is 5.45. The summed E-state index contributed by atoms with van der Waals surface area (Å²) in [4.78, 5) is 23.8. The van der Waals surface area contributed by atoms with E-state index in [1.807, 2.05) is 0 Å². The molecule has 2 rings (SSSR count). The Morgan fingerprint density at radius 1 is 1.26 bits per heavy atom. The van der Waals surface area contributed by atoms with Gasteiger partial charge in [-0.25, -0.2) is 17.9 Å². The number of benzene rings is 1. The molecule has 0 aliphatic rings. The van der Waals surface area contributed by atoms with E-state index >= 15 is 0 Å². The van der Waals surface area contributed by atoms with Gasteiger partial charge in [0.2, 0.25) is 10.0 Å². The van der Waals surface area contributed by atoms with E-state index in [0.717, 1.165) is 6.07 Å². The van der Waals surface area contributed by atoms with E-state index in [0.29, 0.717) is 5.76 Å². The standard InChI is InChI=1S/C17H20N2O7S/c1-11(13-5-4-8-25-13)19-16(20)10-26-17(21)12-6-7-14(24-3)15(9-12)27(22,23)18-2/h4-9,11,18H,10H2,1-3H3,(H,19,20)/t11-/m1/s1. The summed E-state index contributed by atoms with van der Waals surface area (Å²) in [6, 6.07) is 6.81. The van der Waals surface area contributed by atoms with Gasteiger partial charge < -0.3 is 19.2 Å². The number of rotatable bonds is 8. The van der Waals surface area contributed by atoms with Gasteiger partial charge in [0.1, 0.15) is 16.4 Å². The van der Waals surface area contributed by atoms with Crippen LogP contribution < -0.4 is 14.8 Å². The number of sulfonamides is 1. The van der Waals surface area contributed by atoms with Crippen molar-refractivity contribution in [2.75, 3.05) is 20.8 Å². The molecule has 9 nitrogen and oxygen atoms in total. The van der Waals surface area contributed by atoms with Gasteiger partial charge in [0.15, 0.2) is 6.61 Å². The summed E-state index contributed by atoms with van der Waals surface area (Å²) in [6.07, 6.45) is 1.48. The molecule has 0 radical (unpaired) electrons. The lowest BCUT2D eigenvalue weighted by molar-refractivity contribution is -0.125. The number of carbonyl (C=O) groups excluding carboxylic acids is 2. The fourth-order valence-electron chi connectivity index (χ4n) is 2.23. The Kier molecular flexibility index (Phi) is 6.59. The first-order chi connectivity index (χ1) is 12.8. The lowest BCUT2D eigenvalue weighted by Crippen LogP contribution is -2.31. The van der Waals surface area contributed by atoms with Gasteiger partial charge >= 0.3 is 5.97 Å². The number of amides is 1. The van der Waals surface area contributed by atoms with Crippen molar-refractivity contribution in [3.63, 3.8) is 0 Å². The minimum atomic E-state index is -3.84. The summed E-state index contributed by atoms with van der Waals surface area (Å²) >= 11 is 0. The van der Waals surface area contributed by atoms with Crippen molar-refractivity contribution in [3.8, 4) is 5.75 Å². The minimum Gasteiger partial charge on any atom is -0.495 e. The number of carbonyl (C=O) groups is 2. The molecule has 1 amide bonds. The maximum absolute atomic E-state index is 12.2. The average Bonchev–Trinajstić information content (AvgIpc) is 3.20. The molecule has 27 heavy (non-hydrogen) atoms. The maximum atomic E-state index is 12.2. The van der Waals surface area contributed by atoms with Gasteiger partial charge in [0.05, 0.1) is 25.0 Å². The zero-order valence-electron chi connectivity index (χ0n) is 15.0. The Morgan fingerprint density at radius 2 is 2.00 bits per heavy atom. The van der Waals surface area contributed by atoms with E-state index in [4.69, 9.17) is 13.9 Å². The lowest BCUT2D eigenvalue weighted by Gasteiger charge is -2.12. The Morgan fingerprint density at radius 3 is 2.59 bits per heavy atom. The van der Waals surface area contributed by atoms with Crippen LogP contribution in [0.1, 0.15) is 29.1 Å². The molecular weight excluding hydrogens is 376 g/mol. The molecule has 0 fully saturated rings. The molecule has 0 aliphatic carbocycles. The largest absolute Gasteiger partial charge is 0.495 e. The van der Waals surface area contributed by atoms with E-state index in [-0.39, 0.29) is 22.3 Å². The fraction of sp³-hybridized carbons (Fsp3) is 0.294. The van der Waals surface area contributed by atoms with Gasteiger partial charge in [-0.05, 0) is 44.3 Å². The van der Waals surface area contributed by atoms with Crippen LogP contribution in [0.3, 0.4) is 0 Å². The molecule has 0 saturated heterocycles. The van der Waals surface area contributed by atoms with Crippen molar-refractivity contribution < 1.29 is 31.9 Å². The molecule has 1 heterocycles. The smallest absolute Gasteiger partial charge is 0.338 e. The van der Waals surface area contributed by atoms with Crippen molar-refractivity contribution in [1.29, 1.82) is 0 Å². The van der Waals surface area contributed by atoms with E-state index in [9.17, 15) is 18.0 Å².